The van der Waals surface area contributed by atoms with Crippen LogP contribution in [0.15, 0.2) is 70.1 Å². The van der Waals surface area contributed by atoms with Crippen LogP contribution in [-0.4, -0.2) is 34.9 Å². The van der Waals surface area contributed by atoms with E-state index in [1.165, 1.54) is 0 Å². The number of halogens is 2. The molecular formula is C16H12Cl2OS4Te2. The van der Waals surface area contributed by atoms with Crippen molar-refractivity contribution in [2.45, 2.75) is 0 Å². The predicted octanol–water partition coefficient (Wildman–Crippen LogP) is 4.24. The van der Waals surface area contributed by atoms with E-state index in [-0.39, 0.29) is 0 Å². The molecule has 0 atom stereocenters. The van der Waals surface area contributed by atoms with Crippen molar-refractivity contribution in [1.29, 1.82) is 0 Å². The molecule has 0 amide bonds. The first-order chi connectivity index (χ1) is 12.1. The van der Waals surface area contributed by atoms with Crippen molar-refractivity contribution in [3.8, 4) is 0 Å². The molecular weight excluding hydrogens is 663 g/mol. The monoisotopic (exact) mass is 678 g/mol. The van der Waals surface area contributed by atoms with Crippen LogP contribution < -0.4 is 11.7 Å². The van der Waals surface area contributed by atoms with Crippen LogP contribution in [0.5, 0.6) is 0 Å². The van der Waals surface area contributed by atoms with Gasteiger partial charge in [0.25, 0.3) is 0 Å². The second-order valence-electron chi connectivity index (χ2n) is 4.77. The van der Waals surface area contributed by atoms with Gasteiger partial charge in [-0.05, 0) is 0 Å². The molecule has 0 aliphatic heterocycles. The van der Waals surface area contributed by atoms with Crippen LogP contribution in [0.1, 0.15) is 0 Å². The Balaban J connectivity index is 1.85. The zero-order valence-corrected chi connectivity index (χ0v) is 22.0. The standard InChI is InChI=1S/C16H12Cl2OS4Te2/c17-24(13-5-1-9-20-13,14-6-2-10-21-14)19-25(18,15-7-3-11-22-15)16-8-4-12-23-16/h1-12H. The summed E-state index contributed by atoms with van der Waals surface area (Å²) in [6.07, 6.45) is 0. The van der Waals surface area contributed by atoms with Crippen molar-refractivity contribution < 1.29 is 1.47 Å². The molecule has 9 heteroatoms. The molecule has 0 saturated carbocycles. The third-order valence-electron chi connectivity index (χ3n) is 3.20. The van der Waals surface area contributed by atoms with E-state index in [9.17, 15) is 0 Å². The number of thiophene rings is 4. The molecule has 0 aromatic carbocycles. The summed E-state index contributed by atoms with van der Waals surface area (Å²) in [4.78, 5) is 0. The summed E-state index contributed by atoms with van der Waals surface area (Å²) < 4.78 is 11.6. The summed E-state index contributed by atoms with van der Waals surface area (Å²) in [7, 11) is 14.7. The molecule has 0 N–H and O–H groups in total. The first-order valence-corrected chi connectivity index (χ1v) is 23.0. The van der Waals surface area contributed by atoms with Gasteiger partial charge in [0.2, 0.25) is 0 Å². The fourth-order valence-electron chi connectivity index (χ4n) is 2.11. The van der Waals surface area contributed by atoms with Gasteiger partial charge in [0.15, 0.2) is 0 Å². The van der Waals surface area contributed by atoms with Crippen molar-refractivity contribution in [3.63, 3.8) is 0 Å². The van der Waals surface area contributed by atoms with Gasteiger partial charge < -0.3 is 0 Å². The van der Waals surface area contributed by atoms with Crippen molar-refractivity contribution in [2.24, 2.45) is 0 Å². The molecule has 132 valence electrons. The van der Waals surface area contributed by atoms with E-state index in [4.69, 9.17) is 19.4 Å². The molecule has 4 heterocycles. The van der Waals surface area contributed by atoms with E-state index in [0.29, 0.717) is 0 Å². The van der Waals surface area contributed by atoms with Crippen LogP contribution >= 0.6 is 63.3 Å². The Bertz CT molecular complexity index is 761. The van der Waals surface area contributed by atoms with Gasteiger partial charge in [-0.3, -0.25) is 0 Å². The van der Waals surface area contributed by atoms with E-state index in [0.717, 1.165) is 11.7 Å². The van der Waals surface area contributed by atoms with Crippen molar-refractivity contribution in [2.75, 3.05) is 0 Å². The summed E-state index contributed by atoms with van der Waals surface area (Å²) in [6, 6.07) is 16.6. The molecule has 0 unspecified atom stereocenters. The second kappa shape index (κ2) is 8.11. The average molecular weight is 675 g/mol. The Hall–Kier alpha value is 0.919. The van der Waals surface area contributed by atoms with Gasteiger partial charge in [0.05, 0.1) is 0 Å². The predicted molar refractivity (Wildman–Crippen MR) is 120 cm³/mol. The Morgan fingerprint density at radius 3 is 1.04 bits per heavy atom. The molecule has 0 saturated heterocycles. The van der Waals surface area contributed by atoms with E-state index in [1.807, 2.05) is 24.3 Å². The number of hydrogen-bond donors (Lipinski definition) is 0. The molecule has 4 rings (SSSR count). The van der Waals surface area contributed by atoms with E-state index < -0.39 is 34.9 Å². The van der Waals surface area contributed by atoms with Gasteiger partial charge in [-0.15, -0.1) is 0 Å². The van der Waals surface area contributed by atoms with Gasteiger partial charge in [0, 0.05) is 0 Å². The summed E-state index contributed by atoms with van der Waals surface area (Å²) in [5.41, 5.74) is 0. The zero-order valence-electron chi connectivity index (χ0n) is 12.5. The second-order valence-corrected chi connectivity index (χ2v) is 31.2. The summed E-state index contributed by atoms with van der Waals surface area (Å²) >= 11 is -0.370. The van der Waals surface area contributed by atoms with Gasteiger partial charge in [-0.25, -0.2) is 0 Å². The molecule has 1 nitrogen and oxygen atoms in total. The fraction of sp³-hybridized carbons (Fsp3) is 0. The number of rotatable bonds is 6. The summed E-state index contributed by atoms with van der Waals surface area (Å²) in [5.74, 6) is 0. The molecule has 0 radical (unpaired) electrons. The minimum atomic E-state index is -3.54. The van der Waals surface area contributed by atoms with Crippen LogP contribution in [0.3, 0.4) is 0 Å². The third-order valence-corrected chi connectivity index (χ3v) is 42.7. The van der Waals surface area contributed by atoms with E-state index in [2.05, 4.69) is 45.8 Å². The topological polar surface area (TPSA) is 9.23 Å². The van der Waals surface area contributed by atoms with Crippen LogP contribution in [0, 0.1) is 0 Å². The van der Waals surface area contributed by atoms with Crippen LogP contribution in [0.2, 0.25) is 0 Å². The minimum absolute atomic E-state index is 1.15. The van der Waals surface area contributed by atoms with Gasteiger partial charge in [0.1, 0.15) is 0 Å². The van der Waals surface area contributed by atoms with E-state index >= 15 is 0 Å². The number of hydrogen-bond acceptors (Lipinski definition) is 5. The third kappa shape index (κ3) is 3.77. The molecule has 0 aliphatic rings. The zero-order chi connectivity index (χ0) is 17.3. The quantitative estimate of drug-likeness (QED) is 0.279. The molecule has 4 aromatic heterocycles. The molecule has 0 fully saturated rings. The molecule has 0 bridgehead atoms. The van der Waals surface area contributed by atoms with Crippen molar-refractivity contribution in [3.05, 3.63) is 70.1 Å². The Labute approximate surface area is 179 Å². The normalized spacial score (nSPS) is 13.8. The van der Waals surface area contributed by atoms with Crippen molar-refractivity contribution >= 4 is 110 Å². The van der Waals surface area contributed by atoms with Crippen molar-refractivity contribution in [1.82, 2.24) is 0 Å². The maximum absolute atomic E-state index is 7.35. The molecule has 0 aliphatic carbocycles. The Morgan fingerprint density at radius 1 is 0.560 bits per heavy atom. The van der Waals surface area contributed by atoms with Crippen LogP contribution in [0.25, 0.3) is 0 Å². The van der Waals surface area contributed by atoms with Gasteiger partial charge in [-0.1, -0.05) is 0 Å². The van der Waals surface area contributed by atoms with Gasteiger partial charge >= 0.3 is 181 Å². The average Bonchev–Trinajstić information content (AvgIpc) is 3.45. The first kappa shape index (κ1) is 19.2. The molecule has 0 spiro atoms. The fourth-order valence-corrected chi connectivity index (χ4v) is 46.7. The first-order valence-electron chi connectivity index (χ1n) is 7.04. The maximum atomic E-state index is 7.35. The summed E-state index contributed by atoms with van der Waals surface area (Å²) in [5, 5.41) is 8.26. The van der Waals surface area contributed by atoms with Crippen LogP contribution in [0.4, 0.5) is 0 Å². The Morgan fingerprint density at radius 2 is 0.840 bits per heavy atom. The van der Waals surface area contributed by atoms with Gasteiger partial charge in [-0.2, -0.15) is 0 Å². The van der Waals surface area contributed by atoms with E-state index in [1.54, 1.807) is 45.3 Å². The molecule has 25 heavy (non-hydrogen) atoms. The SMILES string of the molecule is Cl[Te](O[Te](Cl)(c1cccs1)c1cccs1)(c1cccs1)c1cccs1. The molecule has 4 aromatic rings. The van der Waals surface area contributed by atoms with Crippen LogP contribution in [-0.2, 0) is 1.47 Å². The summed E-state index contributed by atoms with van der Waals surface area (Å²) in [6.45, 7) is 0. The Kier molecular flexibility index (Phi) is 6.25.